The Morgan fingerprint density at radius 3 is 2.38 bits per heavy atom. The van der Waals surface area contributed by atoms with Crippen LogP contribution in [0.3, 0.4) is 0 Å². The van der Waals surface area contributed by atoms with Crippen LogP contribution in [0.1, 0.15) is 63.1 Å². The van der Waals surface area contributed by atoms with Crippen molar-refractivity contribution in [2.24, 2.45) is 12.0 Å². The van der Waals surface area contributed by atoms with E-state index >= 15 is 0 Å². The lowest BCUT2D eigenvalue weighted by Crippen LogP contribution is -2.17. The average Bonchev–Trinajstić information content (AvgIpc) is 3.39. The Labute approximate surface area is 240 Å². The van der Waals surface area contributed by atoms with Crippen molar-refractivity contribution in [1.29, 1.82) is 5.26 Å². The van der Waals surface area contributed by atoms with Gasteiger partial charge in [0.15, 0.2) is 0 Å². The van der Waals surface area contributed by atoms with Crippen molar-refractivity contribution in [1.82, 2.24) is 20.0 Å². The predicted molar refractivity (Wildman–Crippen MR) is 167 cm³/mol. The average molecular weight is 541 g/mol. The lowest BCUT2D eigenvalue weighted by Gasteiger charge is -2.19. The Bertz CT molecular complexity index is 1400. The Balaban J connectivity index is 0.00000274. The third-order valence-electron chi connectivity index (χ3n) is 6.37. The first-order valence-electron chi connectivity index (χ1n) is 13.8. The molecule has 3 rings (SSSR count). The Morgan fingerprint density at radius 1 is 1.18 bits per heavy atom. The van der Waals surface area contributed by atoms with Gasteiger partial charge in [0.2, 0.25) is 0 Å². The molecule has 0 spiro atoms. The number of benzene rings is 1. The van der Waals surface area contributed by atoms with E-state index in [9.17, 15) is 0 Å². The third-order valence-corrected chi connectivity index (χ3v) is 6.37. The summed E-state index contributed by atoms with van der Waals surface area (Å²) in [6.07, 6.45) is 10.8. The van der Waals surface area contributed by atoms with Crippen LogP contribution in [-0.4, -0.2) is 27.4 Å². The molecule has 0 fully saturated rings. The number of nitrogens with zero attached hydrogens (tertiary/aromatic N) is 5. The minimum atomic E-state index is 0.349. The van der Waals surface area contributed by atoms with Crippen LogP contribution in [0.2, 0.25) is 0 Å². The Kier molecular flexibility index (Phi) is 11.8. The molecule has 212 valence electrons. The molecule has 1 aliphatic heterocycles. The van der Waals surface area contributed by atoms with Gasteiger partial charge in [-0.3, -0.25) is 4.68 Å². The van der Waals surface area contributed by atoms with Crippen molar-refractivity contribution < 1.29 is 4.74 Å². The maximum atomic E-state index is 8.80. The first-order chi connectivity index (χ1) is 19.1. The number of aryl methyl sites for hydroxylation is 4. The van der Waals surface area contributed by atoms with E-state index in [-0.39, 0.29) is 0 Å². The highest BCUT2D eigenvalue weighted by Crippen LogP contribution is 2.35. The normalized spacial score (nSPS) is 15.3. The van der Waals surface area contributed by atoms with E-state index in [1.807, 2.05) is 81.9 Å². The fourth-order valence-corrected chi connectivity index (χ4v) is 4.64. The highest BCUT2D eigenvalue weighted by atomic mass is 16.5. The summed E-state index contributed by atoms with van der Waals surface area (Å²) in [6.45, 7) is 20.4. The van der Waals surface area contributed by atoms with Gasteiger partial charge in [-0.25, -0.2) is 4.99 Å². The fraction of sp³-hybridized carbons (Fsp3) is 0.364. The molecule has 1 aromatic carbocycles. The van der Waals surface area contributed by atoms with Crippen LogP contribution < -0.4 is 10.1 Å². The van der Waals surface area contributed by atoms with Gasteiger partial charge < -0.3 is 15.0 Å². The van der Waals surface area contributed by atoms with E-state index in [4.69, 9.17) is 15.0 Å². The van der Waals surface area contributed by atoms with Gasteiger partial charge in [-0.1, -0.05) is 39.5 Å². The molecule has 7 nitrogen and oxygen atoms in total. The molecule has 1 N–H and O–H groups in total. The van der Waals surface area contributed by atoms with Gasteiger partial charge in [0.05, 0.1) is 23.9 Å². The zero-order valence-electron chi connectivity index (χ0n) is 25.8. The topological polar surface area (TPSA) is 78.5 Å². The largest absolute Gasteiger partial charge is 0.459 e. The lowest BCUT2D eigenvalue weighted by molar-refractivity contribution is 0.400. The molecule has 7 heteroatoms. The molecule has 0 saturated carbocycles. The zero-order chi connectivity index (χ0) is 30.0. The highest BCUT2D eigenvalue weighted by molar-refractivity contribution is 6.10. The number of hydrogen-bond donors (Lipinski definition) is 1. The summed E-state index contributed by atoms with van der Waals surface area (Å²) >= 11 is 0. The van der Waals surface area contributed by atoms with E-state index in [0.717, 1.165) is 63.1 Å². The summed E-state index contributed by atoms with van der Waals surface area (Å²) in [5.74, 6) is 2.09. The fourth-order valence-electron chi connectivity index (χ4n) is 4.64. The summed E-state index contributed by atoms with van der Waals surface area (Å²) in [7, 11) is 3.95. The standard InChI is InChI=1S/C31H38N6O.C2H6/c1-10-13-27(14-11-12-16-32)33-25(7)34-28-15-17-36(8)30(28)24(6)38-31-20(2)18-26(19-21(31)3)29-22(4)35-37(9)23(29)5;1-2/h11,13-15,17-19,33H,7,10,12H2,1-6,8-9H3;1-2H3/b14-11-,27-13+,30-24-,34-28-;. The maximum absolute atomic E-state index is 8.80. The van der Waals surface area contributed by atoms with Gasteiger partial charge in [0.25, 0.3) is 0 Å². The Morgan fingerprint density at radius 2 is 1.82 bits per heavy atom. The van der Waals surface area contributed by atoms with Crippen LogP contribution in [0.5, 0.6) is 5.75 Å². The molecule has 2 heterocycles. The third kappa shape index (κ3) is 7.63. The second-order valence-corrected chi connectivity index (χ2v) is 9.44. The van der Waals surface area contributed by atoms with Crippen LogP contribution >= 0.6 is 0 Å². The van der Waals surface area contributed by atoms with Crippen LogP contribution in [0.15, 0.2) is 77.2 Å². The number of aliphatic imine (C=N–C) groups is 1. The second-order valence-electron chi connectivity index (χ2n) is 9.44. The van der Waals surface area contributed by atoms with Gasteiger partial charge in [-0.15, -0.1) is 0 Å². The second kappa shape index (κ2) is 14.7. The van der Waals surface area contributed by atoms with Gasteiger partial charge in [-0.2, -0.15) is 10.4 Å². The summed E-state index contributed by atoms with van der Waals surface area (Å²) < 4.78 is 8.40. The first kappa shape index (κ1) is 31.9. The zero-order valence-corrected chi connectivity index (χ0v) is 25.8. The van der Waals surface area contributed by atoms with Crippen molar-refractivity contribution in [2.75, 3.05) is 7.05 Å². The van der Waals surface area contributed by atoms with Crippen LogP contribution in [0, 0.1) is 39.0 Å². The summed E-state index contributed by atoms with van der Waals surface area (Å²) in [5, 5.41) is 16.6. The van der Waals surface area contributed by atoms with E-state index in [2.05, 4.69) is 62.9 Å². The number of allylic oxidation sites excluding steroid dienone is 5. The molecule has 40 heavy (non-hydrogen) atoms. The molecule has 0 bridgehead atoms. The van der Waals surface area contributed by atoms with Crippen LogP contribution in [0.25, 0.3) is 11.1 Å². The molecule has 1 aromatic heterocycles. The molecule has 0 amide bonds. The smallest absolute Gasteiger partial charge is 0.132 e. The monoisotopic (exact) mass is 540 g/mol. The van der Waals surface area contributed by atoms with E-state index in [1.165, 1.54) is 5.56 Å². The van der Waals surface area contributed by atoms with Crippen molar-refractivity contribution in [3.05, 3.63) is 94.7 Å². The van der Waals surface area contributed by atoms with Crippen molar-refractivity contribution in [2.45, 2.75) is 68.2 Å². The van der Waals surface area contributed by atoms with Gasteiger partial charge in [0, 0.05) is 37.2 Å². The number of nitrogens with one attached hydrogen (secondary N) is 1. The molecule has 0 radical (unpaired) electrons. The Hall–Kier alpha value is -4.31. The molecule has 0 saturated heterocycles. The molecular weight excluding hydrogens is 496 g/mol. The van der Waals surface area contributed by atoms with E-state index in [0.29, 0.717) is 12.2 Å². The van der Waals surface area contributed by atoms with Gasteiger partial charge in [0.1, 0.15) is 23.0 Å². The summed E-state index contributed by atoms with van der Waals surface area (Å²) in [5.41, 5.74) is 9.06. The summed E-state index contributed by atoms with van der Waals surface area (Å²) in [4.78, 5) is 6.74. The lowest BCUT2D eigenvalue weighted by atomic mass is 9.98. The minimum absolute atomic E-state index is 0.349. The first-order valence-corrected chi connectivity index (χ1v) is 13.8. The molecule has 0 unspecified atom stereocenters. The quantitative estimate of drug-likeness (QED) is 0.261. The van der Waals surface area contributed by atoms with Crippen molar-refractivity contribution >= 4 is 5.71 Å². The molecule has 0 aliphatic carbocycles. The molecule has 1 aliphatic rings. The maximum Gasteiger partial charge on any atom is 0.132 e. The molecule has 2 aromatic rings. The van der Waals surface area contributed by atoms with Crippen molar-refractivity contribution in [3.8, 4) is 22.9 Å². The summed E-state index contributed by atoms with van der Waals surface area (Å²) in [6, 6.07) is 6.44. The molecular formula is C33H44N6O. The van der Waals surface area contributed by atoms with E-state index < -0.39 is 0 Å². The van der Waals surface area contributed by atoms with Crippen LogP contribution in [-0.2, 0) is 7.05 Å². The predicted octanol–water partition coefficient (Wildman–Crippen LogP) is 7.68. The number of aromatic nitrogens is 2. The minimum Gasteiger partial charge on any atom is -0.459 e. The van der Waals surface area contributed by atoms with Gasteiger partial charge in [-0.05, 0) is 82.0 Å². The number of ether oxygens (including phenoxy) is 1. The highest BCUT2D eigenvalue weighted by Gasteiger charge is 2.21. The van der Waals surface area contributed by atoms with Crippen LogP contribution in [0.4, 0.5) is 0 Å². The number of hydrogen-bond acceptors (Lipinski definition) is 6. The van der Waals surface area contributed by atoms with Crippen molar-refractivity contribution in [3.63, 3.8) is 0 Å². The molecule has 0 atom stereocenters. The van der Waals surface area contributed by atoms with E-state index in [1.54, 1.807) is 0 Å². The SMILES string of the molecule is C=C(/N=C1/C=CN(C)/C1=C(/C)Oc1c(C)cc(-c2c(C)nn(C)c2C)cc1C)NC(/C=C\CC#N)=C/CC.CC. The number of rotatable bonds is 9. The number of nitriles is 1. The van der Waals surface area contributed by atoms with Gasteiger partial charge >= 0.3 is 0 Å².